The van der Waals surface area contributed by atoms with E-state index in [1.807, 2.05) is 0 Å². The second kappa shape index (κ2) is 7.45. The number of ether oxygens (including phenoxy) is 1. The van der Waals surface area contributed by atoms with Crippen LogP contribution in [-0.4, -0.2) is 30.9 Å². The van der Waals surface area contributed by atoms with E-state index in [1.54, 1.807) is 0 Å². The Balaban J connectivity index is 1.54. The molecule has 30 heavy (non-hydrogen) atoms. The minimum absolute atomic E-state index is 0.0164. The van der Waals surface area contributed by atoms with Gasteiger partial charge >= 0.3 is 5.97 Å². The third-order valence-electron chi connectivity index (χ3n) is 7.60. The van der Waals surface area contributed by atoms with Gasteiger partial charge in [0.1, 0.15) is 6.10 Å². The van der Waals surface area contributed by atoms with E-state index in [4.69, 9.17) is 9.16 Å². The molecule has 6 unspecified atom stereocenters. The van der Waals surface area contributed by atoms with Crippen LogP contribution in [0.25, 0.3) is 0 Å². The minimum Gasteiger partial charge on any atom is -0.461 e. The predicted octanol–water partition coefficient (Wildman–Crippen LogP) is 4.17. The van der Waals surface area contributed by atoms with E-state index in [9.17, 15) is 4.79 Å². The van der Waals surface area contributed by atoms with Crippen molar-refractivity contribution < 1.29 is 14.0 Å². The average Bonchev–Trinajstić information content (AvgIpc) is 3.34. The van der Waals surface area contributed by atoms with Gasteiger partial charge in [0, 0.05) is 12.5 Å². The predicted molar refractivity (Wildman–Crippen MR) is 130 cm³/mol. The summed E-state index contributed by atoms with van der Waals surface area (Å²) in [5, 5.41) is 2.55. The number of fused-ring (bicyclic) bond motifs is 1. The van der Waals surface area contributed by atoms with Crippen LogP contribution in [-0.2, 0) is 14.0 Å². The maximum Gasteiger partial charge on any atom is 0.310 e. The van der Waals surface area contributed by atoms with Crippen molar-refractivity contribution in [1.29, 1.82) is 0 Å². The third kappa shape index (κ3) is 2.95. The number of alkyl halides is 1. The first-order valence-electron chi connectivity index (χ1n) is 10.9. The minimum atomic E-state index is -2.57. The maximum absolute atomic E-state index is 12.6. The molecule has 5 rings (SSSR count). The van der Waals surface area contributed by atoms with Crippen molar-refractivity contribution in [3.8, 4) is 0 Å². The van der Waals surface area contributed by atoms with Crippen LogP contribution in [0.4, 0.5) is 0 Å². The molecule has 0 radical (unpaired) electrons. The van der Waals surface area contributed by atoms with E-state index < -0.39 is 8.32 Å². The molecule has 2 aliphatic carbocycles. The highest BCUT2D eigenvalue weighted by Crippen LogP contribution is 2.60. The topological polar surface area (TPSA) is 35.5 Å². The molecule has 0 spiro atoms. The van der Waals surface area contributed by atoms with Crippen LogP contribution < -0.4 is 10.4 Å². The zero-order valence-electron chi connectivity index (χ0n) is 17.8. The number of carbonyl (C=O) groups excluding carboxylic acids is 1. The lowest BCUT2D eigenvalue weighted by Crippen LogP contribution is -2.67. The second-order valence-corrected chi connectivity index (χ2v) is 15.8. The quantitative estimate of drug-likeness (QED) is 0.251. The van der Waals surface area contributed by atoms with Crippen LogP contribution in [0.2, 0.25) is 5.04 Å². The third-order valence-corrected chi connectivity index (χ3v) is 14.2. The first-order valence-corrected chi connectivity index (χ1v) is 14.1. The molecule has 3 nitrogen and oxygen atoms in total. The first-order chi connectivity index (χ1) is 14.3. The smallest absolute Gasteiger partial charge is 0.310 e. The largest absolute Gasteiger partial charge is 0.461 e. The Morgan fingerprint density at radius 2 is 1.57 bits per heavy atom. The van der Waals surface area contributed by atoms with Crippen LogP contribution >= 0.6 is 22.6 Å². The number of hydrogen-bond acceptors (Lipinski definition) is 3. The number of halogens is 1. The normalized spacial score (nSPS) is 32.5. The molecule has 6 atom stereocenters. The molecule has 2 aromatic carbocycles. The van der Waals surface area contributed by atoms with Gasteiger partial charge in [0.15, 0.2) is 0 Å². The van der Waals surface area contributed by atoms with Gasteiger partial charge < -0.3 is 9.16 Å². The van der Waals surface area contributed by atoms with Gasteiger partial charge in [-0.3, -0.25) is 4.79 Å². The van der Waals surface area contributed by atoms with Crippen molar-refractivity contribution in [3.63, 3.8) is 0 Å². The van der Waals surface area contributed by atoms with E-state index in [-0.39, 0.29) is 28.9 Å². The molecule has 2 aromatic rings. The van der Waals surface area contributed by atoms with E-state index in [0.717, 1.165) is 6.42 Å². The maximum atomic E-state index is 12.6. The number of rotatable bonds is 5. The molecule has 1 saturated heterocycles. The highest BCUT2D eigenvalue weighted by atomic mass is 127. The van der Waals surface area contributed by atoms with Gasteiger partial charge in [0.05, 0.1) is 9.84 Å². The van der Waals surface area contributed by atoms with Gasteiger partial charge in [0.2, 0.25) is 0 Å². The number of hydrogen-bond donors (Lipinski definition) is 0. The number of carbonyl (C=O) groups is 1. The van der Waals surface area contributed by atoms with Gasteiger partial charge in [-0.25, -0.2) is 0 Å². The van der Waals surface area contributed by atoms with Gasteiger partial charge in [-0.1, -0.05) is 104 Å². The van der Waals surface area contributed by atoms with E-state index in [1.165, 1.54) is 10.4 Å². The molecule has 0 amide bonds. The fraction of sp³-hybridized carbons (Fsp3) is 0.480. The Labute approximate surface area is 193 Å². The summed E-state index contributed by atoms with van der Waals surface area (Å²) in [7, 11) is -2.57. The Bertz CT molecular complexity index is 887. The van der Waals surface area contributed by atoms with Gasteiger partial charge in [0.25, 0.3) is 8.32 Å². The van der Waals surface area contributed by atoms with Gasteiger partial charge in [-0.2, -0.15) is 0 Å². The standard InChI is InChI=1S/C25H29IO3Si/c1-25(2,3)30(16-10-6-4-7-11-16,17-12-8-5-9-13-17)28-15-20-18-14-19-21(20)24(27)29-23(19)22(18)26/h4-13,18-23H,14-15H2,1-3H3. The van der Waals surface area contributed by atoms with Crippen LogP contribution in [0.15, 0.2) is 60.7 Å². The summed E-state index contributed by atoms with van der Waals surface area (Å²) in [5.74, 6) is 1.24. The van der Waals surface area contributed by atoms with E-state index in [2.05, 4.69) is 104 Å². The van der Waals surface area contributed by atoms with Crippen molar-refractivity contribution in [2.24, 2.45) is 23.7 Å². The summed E-state index contributed by atoms with van der Waals surface area (Å²) in [6, 6.07) is 21.5. The molecule has 1 aliphatic heterocycles. The lowest BCUT2D eigenvalue weighted by molar-refractivity contribution is -0.144. The van der Waals surface area contributed by atoms with Crippen LogP contribution in [0, 0.1) is 23.7 Å². The Morgan fingerprint density at radius 1 is 1.00 bits per heavy atom. The van der Waals surface area contributed by atoms with Gasteiger partial charge in [-0.05, 0) is 33.7 Å². The summed E-state index contributed by atoms with van der Waals surface area (Å²) in [6.07, 6.45) is 1.25. The zero-order chi connectivity index (χ0) is 21.1. The van der Waals surface area contributed by atoms with Crippen molar-refractivity contribution in [3.05, 3.63) is 60.7 Å². The highest BCUT2D eigenvalue weighted by Gasteiger charge is 2.66. The average molecular weight is 532 g/mol. The van der Waals surface area contributed by atoms with Crippen molar-refractivity contribution >= 4 is 47.3 Å². The zero-order valence-corrected chi connectivity index (χ0v) is 20.9. The molecule has 1 heterocycles. The summed E-state index contributed by atoms with van der Waals surface area (Å²) >= 11 is 2.52. The fourth-order valence-electron chi connectivity index (χ4n) is 6.33. The lowest BCUT2D eigenvalue weighted by Gasteiger charge is -2.44. The monoisotopic (exact) mass is 532 g/mol. The lowest BCUT2D eigenvalue weighted by atomic mass is 9.80. The molecule has 158 valence electrons. The summed E-state index contributed by atoms with van der Waals surface area (Å²) in [4.78, 5) is 12.6. The highest BCUT2D eigenvalue weighted by molar-refractivity contribution is 14.1. The van der Waals surface area contributed by atoms with Crippen LogP contribution in [0.3, 0.4) is 0 Å². The number of benzene rings is 2. The first kappa shape index (κ1) is 20.7. The molecule has 3 fully saturated rings. The van der Waals surface area contributed by atoms with E-state index in [0.29, 0.717) is 22.4 Å². The Morgan fingerprint density at radius 3 is 2.10 bits per heavy atom. The summed E-state index contributed by atoms with van der Waals surface area (Å²) in [5.41, 5.74) is 0. The van der Waals surface area contributed by atoms with Crippen molar-refractivity contribution in [2.45, 2.75) is 42.3 Å². The molecule has 2 bridgehead atoms. The van der Waals surface area contributed by atoms with Gasteiger partial charge in [-0.15, -0.1) is 0 Å². The fourth-order valence-corrected chi connectivity index (χ4v) is 12.4. The Hall–Kier alpha value is -1.18. The number of esters is 1. The molecular weight excluding hydrogens is 503 g/mol. The SMILES string of the molecule is CC(C)(C)[Si](OCC1C2CC3C(OC(=O)C13)C2I)(c1ccccc1)c1ccccc1. The van der Waals surface area contributed by atoms with Crippen molar-refractivity contribution in [1.82, 2.24) is 0 Å². The summed E-state index contributed by atoms with van der Waals surface area (Å²) < 4.78 is 13.4. The molecule has 0 aromatic heterocycles. The van der Waals surface area contributed by atoms with Crippen LogP contribution in [0.1, 0.15) is 27.2 Å². The van der Waals surface area contributed by atoms with Crippen molar-refractivity contribution in [2.75, 3.05) is 6.61 Å². The molecular formula is C25H29IO3Si. The molecule has 0 N–H and O–H groups in total. The Kier molecular flexibility index (Phi) is 5.14. The molecule has 3 aliphatic rings. The summed E-state index contributed by atoms with van der Waals surface area (Å²) in [6.45, 7) is 7.56. The molecule has 2 saturated carbocycles. The second-order valence-electron chi connectivity index (χ2n) is 10.1. The molecule has 5 heteroatoms. The van der Waals surface area contributed by atoms with Crippen LogP contribution in [0.5, 0.6) is 0 Å². The van der Waals surface area contributed by atoms with E-state index >= 15 is 0 Å².